The van der Waals surface area contributed by atoms with Crippen molar-refractivity contribution in [2.45, 2.75) is 103 Å². The fraction of sp³-hybridized carbons (Fsp3) is 1.00. The second kappa shape index (κ2) is 11.6. The van der Waals surface area contributed by atoms with E-state index in [1.54, 1.807) is 0 Å². The number of rotatable bonds is 11. The second-order valence-corrected chi connectivity index (χ2v) is 6.60. The summed E-state index contributed by atoms with van der Waals surface area (Å²) in [7, 11) is 0. The average Bonchev–Trinajstić information content (AvgIpc) is 2.50. The smallest absolute Gasteiger partial charge is 0.0221 e. The minimum Gasteiger partial charge on any atom is -0.329 e. The molecule has 20 heavy (non-hydrogen) atoms. The molecular weight excluding hydrogens is 244 g/mol. The van der Waals surface area contributed by atoms with Crippen LogP contribution in [0.3, 0.4) is 0 Å². The summed E-state index contributed by atoms with van der Waals surface area (Å²) in [6.45, 7) is 6.77. The van der Waals surface area contributed by atoms with Gasteiger partial charge in [0.2, 0.25) is 0 Å². The van der Waals surface area contributed by atoms with Crippen LogP contribution in [0.1, 0.15) is 90.9 Å². The zero-order valence-corrected chi connectivity index (χ0v) is 14.1. The van der Waals surface area contributed by atoms with Crippen molar-refractivity contribution < 1.29 is 0 Å². The molecule has 0 spiro atoms. The van der Waals surface area contributed by atoms with Gasteiger partial charge in [0.15, 0.2) is 0 Å². The minimum absolute atomic E-state index is 0.649. The van der Waals surface area contributed by atoms with Crippen LogP contribution in [0.5, 0.6) is 0 Å². The fourth-order valence-corrected chi connectivity index (χ4v) is 3.70. The Balaban J connectivity index is 2.17. The maximum atomic E-state index is 6.06. The number of unbranched alkanes of at least 4 members (excludes halogenated alkanes) is 6. The van der Waals surface area contributed by atoms with Crippen LogP contribution in [-0.4, -0.2) is 30.1 Å². The Bertz CT molecular complexity index is 217. The maximum Gasteiger partial charge on any atom is 0.0221 e. The largest absolute Gasteiger partial charge is 0.329 e. The van der Waals surface area contributed by atoms with Gasteiger partial charge in [0.25, 0.3) is 0 Å². The molecule has 1 saturated heterocycles. The summed E-state index contributed by atoms with van der Waals surface area (Å²) in [4.78, 5) is 2.74. The molecular formula is C18H38N2. The lowest BCUT2D eigenvalue weighted by Gasteiger charge is -2.40. The summed E-state index contributed by atoms with van der Waals surface area (Å²) in [5.74, 6) is 0. The van der Waals surface area contributed by atoms with Gasteiger partial charge in [-0.3, -0.25) is 4.90 Å². The molecule has 2 atom stereocenters. The molecule has 0 aromatic heterocycles. The molecule has 1 rings (SSSR count). The van der Waals surface area contributed by atoms with Crippen molar-refractivity contribution in [2.24, 2.45) is 5.73 Å². The van der Waals surface area contributed by atoms with Crippen molar-refractivity contribution in [3.63, 3.8) is 0 Å². The Kier molecular flexibility index (Phi) is 10.4. The highest BCUT2D eigenvalue weighted by molar-refractivity contribution is 4.82. The average molecular weight is 283 g/mol. The van der Waals surface area contributed by atoms with E-state index in [-0.39, 0.29) is 0 Å². The summed E-state index contributed by atoms with van der Waals surface area (Å²) >= 11 is 0. The molecule has 0 amide bonds. The second-order valence-electron chi connectivity index (χ2n) is 6.60. The third kappa shape index (κ3) is 6.58. The predicted octanol–water partition coefficient (Wildman–Crippen LogP) is 4.72. The van der Waals surface area contributed by atoms with E-state index >= 15 is 0 Å². The highest BCUT2D eigenvalue weighted by atomic mass is 15.2. The molecule has 0 aromatic carbocycles. The molecule has 2 N–H and O–H groups in total. The van der Waals surface area contributed by atoms with Crippen LogP contribution < -0.4 is 5.73 Å². The van der Waals surface area contributed by atoms with Crippen molar-refractivity contribution in [1.82, 2.24) is 4.90 Å². The van der Waals surface area contributed by atoms with E-state index in [1.165, 1.54) is 83.6 Å². The van der Waals surface area contributed by atoms with Gasteiger partial charge in [-0.05, 0) is 32.2 Å². The van der Waals surface area contributed by atoms with E-state index in [0.29, 0.717) is 6.04 Å². The van der Waals surface area contributed by atoms with Crippen molar-refractivity contribution in [1.29, 1.82) is 0 Å². The molecule has 1 fully saturated rings. The van der Waals surface area contributed by atoms with Crippen LogP contribution in [-0.2, 0) is 0 Å². The number of hydrogen-bond acceptors (Lipinski definition) is 2. The molecule has 1 aliphatic rings. The van der Waals surface area contributed by atoms with E-state index < -0.39 is 0 Å². The molecule has 2 unspecified atom stereocenters. The molecule has 2 heteroatoms. The number of piperidine rings is 1. The lowest BCUT2D eigenvalue weighted by molar-refractivity contribution is 0.0888. The topological polar surface area (TPSA) is 29.3 Å². The van der Waals surface area contributed by atoms with Gasteiger partial charge < -0.3 is 5.73 Å². The van der Waals surface area contributed by atoms with Gasteiger partial charge in [0.05, 0.1) is 0 Å². The van der Waals surface area contributed by atoms with Gasteiger partial charge >= 0.3 is 0 Å². The first-order valence-corrected chi connectivity index (χ1v) is 9.29. The van der Waals surface area contributed by atoms with Crippen LogP contribution in [0, 0.1) is 0 Å². The van der Waals surface area contributed by atoms with Crippen molar-refractivity contribution in [3.05, 3.63) is 0 Å². The van der Waals surface area contributed by atoms with Gasteiger partial charge in [-0.15, -0.1) is 0 Å². The third-order valence-corrected chi connectivity index (χ3v) is 5.03. The quantitative estimate of drug-likeness (QED) is 0.556. The first-order valence-electron chi connectivity index (χ1n) is 9.29. The minimum atomic E-state index is 0.649. The van der Waals surface area contributed by atoms with Gasteiger partial charge in [-0.25, -0.2) is 0 Å². The third-order valence-electron chi connectivity index (χ3n) is 5.03. The molecule has 0 radical (unpaired) electrons. The molecule has 2 nitrogen and oxygen atoms in total. The Labute approximate surface area is 127 Å². The lowest BCUT2D eigenvalue weighted by Crippen LogP contribution is -2.49. The van der Waals surface area contributed by atoms with Gasteiger partial charge in [0, 0.05) is 18.6 Å². The highest BCUT2D eigenvalue weighted by Crippen LogP contribution is 2.24. The monoisotopic (exact) mass is 282 g/mol. The molecule has 1 aliphatic heterocycles. The van der Waals surface area contributed by atoms with Crippen LogP contribution in [0.4, 0.5) is 0 Å². The Hall–Kier alpha value is -0.0800. The predicted molar refractivity (Wildman–Crippen MR) is 90.1 cm³/mol. The summed E-state index contributed by atoms with van der Waals surface area (Å²) in [6.07, 6.45) is 16.6. The van der Waals surface area contributed by atoms with E-state index in [2.05, 4.69) is 18.7 Å². The number of hydrogen-bond donors (Lipinski definition) is 1. The first kappa shape index (κ1) is 18.0. The van der Waals surface area contributed by atoms with Crippen LogP contribution in [0.25, 0.3) is 0 Å². The maximum absolute atomic E-state index is 6.06. The van der Waals surface area contributed by atoms with Crippen molar-refractivity contribution >= 4 is 0 Å². The highest BCUT2D eigenvalue weighted by Gasteiger charge is 2.26. The SMILES string of the molecule is CCCCCCCCCC(CN)N1CCCCC1CC. The van der Waals surface area contributed by atoms with Gasteiger partial charge in [0.1, 0.15) is 0 Å². The molecule has 0 aliphatic carbocycles. The summed E-state index contributed by atoms with van der Waals surface area (Å²) < 4.78 is 0. The Morgan fingerprint density at radius 3 is 2.35 bits per heavy atom. The van der Waals surface area contributed by atoms with Gasteiger partial charge in [-0.1, -0.05) is 65.2 Å². The summed E-state index contributed by atoms with van der Waals surface area (Å²) in [6, 6.07) is 1.46. The lowest BCUT2D eigenvalue weighted by atomic mass is 9.95. The van der Waals surface area contributed by atoms with Gasteiger partial charge in [-0.2, -0.15) is 0 Å². The zero-order chi connectivity index (χ0) is 14.6. The van der Waals surface area contributed by atoms with E-state index in [1.807, 2.05) is 0 Å². The van der Waals surface area contributed by atoms with E-state index in [4.69, 9.17) is 5.73 Å². The number of likely N-dealkylation sites (tertiary alicyclic amines) is 1. The fourth-order valence-electron chi connectivity index (χ4n) is 3.70. The summed E-state index contributed by atoms with van der Waals surface area (Å²) in [5.41, 5.74) is 6.06. The Morgan fingerprint density at radius 2 is 1.70 bits per heavy atom. The normalized spacial score (nSPS) is 22.1. The number of nitrogens with zero attached hydrogens (tertiary/aromatic N) is 1. The Morgan fingerprint density at radius 1 is 1.00 bits per heavy atom. The van der Waals surface area contributed by atoms with E-state index in [0.717, 1.165) is 12.6 Å². The van der Waals surface area contributed by atoms with Crippen molar-refractivity contribution in [3.8, 4) is 0 Å². The number of nitrogens with two attached hydrogens (primary N) is 1. The molecule has 1 heterocycles. The summed E-state index contributed by atoms with van der Waals surface area (Å²) in [5, 5.41) is 0. The van der Waals surface area contributed by atoms with E-state index in [9.17, 15) is 0 Å². The van der Waals surface area contributed by atoms with Crippen LogP contribution in [0.15, 0.2) is 0 Å². The zero-order valence-electron chi connectivity index (χ0n) is 14.1. The molecule has 0 saturated carbocycles. The van der Waals surface area contributed by atoms with Crippen molar-refractivity contribution in [2.75, 3.05) is 13.1 Å². The molecule has 0 aromatic rings. The molecule has 120 valence electrons. The first-order chi connectivity index (χ1) is 9.83. The molecule has 0 bridgehead atoms. The van der Waals surface area contributed by atoms with Crippen LogP contribution in [0.2, 0.25) is 0 Å². The standard InChI is InChI=1S/C18H38N2/c1-3-5-6-7-8-9-10-14-18(16-19)20-15-12-11-13-17(20)4-2/h17-18H,3-16,19H2,1-2H3. The van der Waals surface area contributed by atoms with Crippen LogP contribution >= 0.6 is 0 Å².